The largest absolute Gasteiger partial charge is 0.493 e. The van der Waals surface area contributed by atoms with E-state index in [1.54, 1.807) is 19.4 Å². The van der Waals surface area contributed by atoms with Crippen molar-refractivity contribution in [3.8, 4) is 11.5 Å². The normalized spacial score (nSPS) is 10.4. The van der Waals surface area contributed by atoms with Crippen LogP contribution in [-0.4, -0.2) is 33.0 Å². The lowest BCUT2D eigenvalue weighted by Gasteiger charge is -2.08. The van der Waals surface area contributed by atoms with Crippen LogP contribution in [0.4, 0.5) is 5.82 Å². The van der Waals surface area contributed by atoms with Crippen molar-refractivity contribution in [1.82, 2.24) is 20.0 Å². The number of ether oxygens (including phenoxy) is 2. The predicted molar refractivity (Wildman–Crippen MR) is 95.0 cm³/mol. The van der Waals surface area contributed by atoms with Crippen LogP contribution in [0.2, 0.25) is 0 Å². The van der Waals surface area contributed by atoms with Crippen molar-refractivity contribution in [2.75, 3.05) is 12.4 Å². The number of carbonyl (C=O) groups excluding carboxylic acids is 1. The van der Waals surface area contributed by atoms with Gasteiger partial charge in [-0.05, 0) is 31.2 Å². The average molecular weight is 353 g/mol. The van der Waals surface area contributed by atoms with Crippen LogP contribution in [0.3, 0.4) is 0 Å². The van der Waals surface area contributed by atoms with Crippen molar-refractivity contribution in [3.63, 3.8) is 0 Å². The fourth-order valence-corrected chi connectivity index (χ4v) is 2.31. The van der Waals surface area contributed by atoms with Gasteiger partial charge >= 0.3 is 0 Å². The van der Waals surface area contributed by atoms with E-state index >= 15 is 0 Å². The highest BCUT2D eigenvalue weighted by atomic mass is 16.5. The molecule has 0 aliphatic heterocycles. The SMILES string of the molecule is COc1ccccc1OCc1cn(CC(=O)Nc2cccc(C)n2)nn1. The first-order valence-electron chi connectivity index (χ1n) is 8.02. The first-order chi connectivity index (χ1) is 12.6. The first-order valence-corrected chi connectivity index (χ1v) is 8.02. The molecule has 0 saturated carbocycles. The molecular formula is C18H19N5O3. The molecule has 3 aromatic rings. The number of hydrogen-bond acceptors (Lipinski definition) is 6. The van der Waals surface area contributed by atoms with E-state index in [1.165, 1.54) is 4.68 Å². The molecule has 134 valence electrons. The quantitative estimate of drug-likeness (QED) is 0.700. The maximum absolute atomic E-state index is 12.1. The number of aromatic nitrogens is 4. The molecule has 8 nitrogen and oxygen atoms in total. The number of hydrogen-bond donors (Lipinski definition) is 1. The Morgan fingerprint density at radius 1 is 1.15 bits per heavy atom. The molecular weight excluding hydrogens is 334 g/mol. The van der Waals surface area contributed by atoms with Crippen molar-refractivity contribution in [1.29, 1.82) is 0 Å². The molecule has 2 aromatic heterocycles. The fraction of sp³-hybridized carbons (Fsp3) is 0.222. The van der Waals surface area contributed by atoms with Crippen molar-refractivity contribution >= 4 is 11.7 Å². The van der Waals surface area contributed by atoms with E-state index in [4.69, 9.17) is 9.47 Å². The summed E-state index contributed by atoms with van der Waals surface area (Å²) in [5.74, 6) is 1.54. The number of pyridine rings is 1. The molecule has 0 spiro atoms. The molecule has 0 aliphatic rings. The number of benzene rings is 1. The Balaban J connectivity index is 1.55. The van der Waals surface area contributed by atoms with Gasteiger partial charge < -0.3 is 14.8 Å². The van der Waals surface area contributed by atoms with Crippen LogP contribution in [0, 0.1) is 6.92 Å². The highest BCUT2D eigenvalue weighted by Crippen LogP contribution is 2.26. The number of aryl methyl sites for hydroxylation is 1. The monoisotopic (exact) mass is 353 g/mol. The summed E-state index contributed by atoms with van der Waals surface area (Å²) in [5, 5.41) is 10.7. The van der Waals surface area contributed by atoms with Gasteiger partial charge in [0.2, 0.25) is 5.91 Å². The van der Waals surface area contributed by atoms with Crippen LogP contribution in [0.15, 0.2) is 48.7 Å². The van der Waals surface area contributed by atoms with Crippen LogP contribution in [0.5, 0.6) is 11.5 Å². The minimum atomic E-state index is -0.231. The number of rotatable bonds is 7. The molecule has 0 bridgehead atoms. The summed E-state index contributed by atoms with van der Waals surface area (Å²) >= 11 is 0. The summed E-state index contributed by atoms with van der Waals surface area (Å²) < 4.78 is 12.4. The molecule has 26 heavy (non-hydrogen) atoms. The van der Waals surface area contributed by atoms with Gasteiger partial charge in [0.05, 0.1) is 13.3 Å². The third-order valence-corrected chi connectivity index (χ3v) is 3.49. The Labute approximate surface area is 150 Å². The minimum absolute atomic E-state index is 0.0390. The molecule has 0 fully saturated rings. The van der Waals surface area contributed by atoms with Crippen LogP contribution in [0.1, 0.15) is 11.4 Å². The third-order valence-electron chi connectivity index (χ3n) is 3.49. The van der Waals surface area contributed by atoms with Gasteiger partial charge in [-0.2, -0.15) is 0 Å². The molecule has 3 rings (SSSR count). The lowest BCUT2D eigenvalue weighted by Crippen LogP contribution is -2.19. The Morgan fingerprint density at radius 3 is 2.73 bits per heavy atom. The number of methoxy groups -OCH3 is 1. The molecule has 2 heterocycles. The minimum Gasteiger partial charge on any atom is -0.493 e. The number of carbonyl (C=O) groups is 1. The number of para-hydroxylation sites is 2. The fourth-order valence-electron chi connectivity index (χ4n) is 2.31. The second-order valence-corrected chi connectivity index (χ2v) is 5.56. The van der Waals surface area contributed by atoms with Crippen molar-refractivity contribution in [2.45, 2.75) is 20.1 Å². The molecule has 0 radical (unpaired) electrons. The van der Waals surface area contributed by atoms with Crippen LogP contribution in [0.25, 0.3) is 0 Å². The van der Waals surface area contributed by atoms with E-state index in [2.05, 4.69) is 20.6 Å². The second-order valence-electron chi connectivity index (χ2n) is 5.56. The van der Waals surface area contributed by atoms with Crippen molar-refractivity contribution in [3.05, 3.63) is 60.0 Å². The smallest absolute Gasteiger partial charge is 0.247 e. The zero-order valence-corrected chi connectivity index (χ0v) is 14.5. The summed E-state index contributed by atoms with van der Waals surface area (Å²) in [4.78, 5) is 16.3. The predicted octanol–water partition coefficient (Wildman–Crippen LogP) is 2.21. The van der Waals surface area contributed by atoms with Crippen LogP contribution < -0.4 is 14.8 Å². The summed E-state index contributed by atoms with van der Waals surface area (Å²) in [6.45, 7) is 2.12. The average Bonchev–Trinajstić information content (AvgIpc) is 3.07. The summed E-state index contributed by atoms with van der Waals surface area (Å²) in [6, 6.07) is 12.8. The van der Waals surface area contributed by atoms with E-state index in [0.29, 0.717) is 23.0 Å². The molecule has 0 unspecified atom stereocenters. The van der Waals surface area contributed by atoms with Gasteiger partial charge in [-0.25, -0.2) is 9.67 Å². The lowest BCUT2D eigenvalue weighted by atomic mass is 10.3. The van der Waals surface area contributed by atoms with Crippen molar-refractivity contribution in [2.24, 2.45) is 0 Å². The number of anilines is 1. The molecule has 8 heteroatoms. The number of amides is 1. The van der Waals surface area contributed by atoms with Gasteiger partial charge in [0.15, 0.2) is 11.5 Å². The van der Waals surface area contributed by atoms with Gasteiger partial charge in [0.25, 0.3) is 0 Å². The Kier molecular flexibility index (Phi) is 5.43. The zero-order valence-electron chi connectivity index (χ0n) is 14.5. The molecule has 0 saturated heterocycles. The molecule has 1 N–H and O–H groups in total. The van der Waals surface area contributed by atoms with Crippen LogP contribution in [-0.2, 0) is 17.9 Å². The number of nitrogens with zero attached hydrogens (tertiary/aromatic N) is 4. The van der Waals surface area contributed by atoms with E-state index < -0.39 is 0 Å². The maximum Gasteiger partial charge on any atom is 0.247 e. The van der Waals surface area contributed by atoms with E-state index in [1.807, 2.05) is 43.3 Å². The van der Waals surface area contributed by atoms with Crippen LogP contribution >= 0.6 is 0 Å². The summed E-state index contributed by atoms with van der Waals surface area (Å²) in [6.07, 6.45) is 1.67. The maximum atomic E-state index is 12.1. The van der Waals surface area contributed by atoms with Gasteiger partial charge in [-0.1, -0.05) is 23.4 Å². The molecule has 1 amide bonds. The van der Waals surface area contributed by atoms with Gasteiger partial charge in [-0.15, -0.1) is 5.10 Å². The summed E-state index contributed by atoms with van der Waals surface area (Å²) in [5.41, 5.74) is 1.44. The topological polar surface area (TPSA) is 91.2 Å². The van der Waals surface area contributed by atoms with Gasteiger partial charge in [0, 0.05) is 5.69 Å². The standard InChI is InChI=1S/C18H19N5O3/c1-13-6-5-9-17(19-13)20-18(24)11-23-10-14(21-22-23)12-26-16-8-4-3-7-15(16)25-2/h3-10H,11-12H2,1-2H3,(H,19,20,24). The number of nitrogens with one attached hydrogen (secondary N) is 1. The van der Waals surface area contributed by atoms with Crippen molar-refractivity contribution < 1.29 is 14.3 Å². The van der Waals surface area contributed by atoms with E-state index in [9.17, 15) is 4.79 Å². The van der Waals surface area contributed by atoms with E-state index in [-0.39, 0.29) is 19.1 Å². The zero-order chi connectivity index (χ0) is 18.4. The second kappa shape index (κ2) is 8.11. The molecule has 0 aliphatic carbocycles. The van der Waals surface area contributed by atoms with Gasteiger partial charge in [0.1, 0.15) is 24.7 Å². The Bertz CT molecular complexity index is 894. The first kappa shape index (κ1) is 17.4. The highest BCUT2D eigenvalue weighted by Gasteiger charge is 2.09. The molecule has 1 aromatic carbocycles. The summed E-state index contributed by atoms with van der Waals surface area (Å²) in [7, 11) is 1.58. The highest BCUT2D eigenvalue weighted by molar-refractivity contribution is 5.89. The van der Waals surface area contributed by atoms with Gasteiger partial charge in [-0.3, -0.25) is 4.79 Å². The Hall–Kier alpha value is -3.42. The molecule has 0 atom stereocenters. The lowest BCUT2D eigenvalue weighted by molar-refractivity contribution is -0.116. The van der Waals surface area contributed by atoms with E-state index in [0.717, 1.165) is 5.69 Å². The third kappa shape index (κ3) is 4.56. The Morgan fingerprint density at radius 2 is 1.96 bits per heavy atom.